The van der Waals surface area contributed by atoms with Gasteiger partial charge in [-0.05, 0) is 43.5 Å². The lowest BCUT2D eigenvalue weighted by molar-refractivity contribution is 0.0297. The van der Waals surface area contributed by atoms with Gasteiger partial charge in [-0.25, -0.2) is 8.42 Å². The predicted molar refractivity (Wildman–Crippen MR) is 87.2 cm³/mol. The van der Waals surface area contributed by atoms with Crippen molar-refractivity contribution >= 4 is 10.0 Å². The Labute approximate surface area is 137 Å². The smallest absolute Gasteiger partial charge is 0.245 e. The monoisotopic (exact) mass is 332 g/mol. The van der Waals surface area contributed by atoms with E-state index in [-0.39, 0.29) is 6.04 Å². The third-order valence-corrected chi connectivity index (χ3v) is 6.13. The third kappa shape index (κ3) is 3.02. The van der Waals surface area contributed by atoms with Crippen LogP contribution in [0.15, 0.2) is 53.7 Å². The van der Waals surface area contributed by atoms with Crippen molar-refractivity contribution in [1.82, 2.24) is 9.29 Å². The Morgan fingerprint density at radius 2 is 1.91 bits per heavy atom. The van der Waals surface area contributed by atoms with E-state index < -0.39 is 16.3 Å². The Balaban J connectivity index is 2.03. The van der Waals surface area contributed by atoms with Gasteiger partial charge < -0.3 is 4.74 Å². The van der Waals surface area contributed by atoms with Crippen molar-refractivity contribution in [2.45, 2.75) is 36.9 Å². The van der Waals surface area contributed by atoms with E-state index in [0.29, 0.717) is 11.3 Å². The minimum absolute atomic E-state index is 0.250. The average molecular weight is 332 g/mol. The molecule has 0 N–H and O–H groups in total. The van der Waals surface area contributed by atoms with Crippen molar-refractivity contribution in [3.8, 4) is 0 Å². The van der Waals surface area contributed by atoms with E-state index >= 15 is 0 Å². The third-order valence-electron chi connectivity index (χ3n) is 4.22. The number of nitrogens with zero attached hydrogens (tertiary/aromatic N) is 2. The molecule has 122 valence electrons. The summed E-state index contributed by atoms with van der Waals surface area (Å²) >= 11 is 0. The Morgan fingerprint density at radius 3 is 2.52 bits per heavy atom. The van der Waals surface area contributed by atoms with Gasteiger partial charge in [0.25, 0.3) is 0 Å². The second-order valence-electron chi connectivity index (χ2n) is 5.72. The second-order valence-corrected chi connectivity index (χ2v) is 7.56. The number of methoxy groups -OCH3 is 1. The first-order valence-electron chi connectivity index (χ1n) is 7.57. The van der Waals surface area contributed by atoms with Gasteiger partial charge in [0.15, 0.2) is 0 Å². The SMILES string of the molecule is COC1CC[C@H](c2cccnc2)N1S(=O)(=O)c1ccc(C)cc1. The minimum Gasteiger partial charge on any atom is -0.365 e. The number of aromatic nitrogens is 1. The number of rotatable bonds is 4. The van der Waals surface area contributed by atoms with E-state index in [0.717, 1.165) is 17.5 Å². The summed E-state index contributed by atoms with van der Waals surface area (Å²) in [6, 6.07) is 10.4. The highest BCUT2D eigenvalue weighted by atomic mass is 32.2. The van der Waals surface area contributed by atoms with Crippen LogP contribution in [0.4, 0.5) is 0 Å². The normalized spacial score (nSPS) is 22.3. The first-order valence-corrected chi connectivity index (χ1v) is 9.01. The van der Waals surface area contributed by atoms with Crippen LogP contribution in [0.3, 0.4) is 0 Å². The van der Waals surface area contributed by atoms with Gasteiger partial charge in [-0.1, -0.05) is 23.8 Å². The zero-order valence-electron chi connectivity index (χ0n) is 13.2. The van der Waals surface area contributed by atoms with Crippen LogP contribution in [-0.2, 0) is 14.8 Å². The fourth-order valence-electron chi connectivity index (χ4n) is 3.02. The van der Waals surface area contributed by atoms with E-state index in [1.165, 1.54) is 4.31 Å². The molecule has 1 saturated heterocycles. The van der Waals surface area contributed by atoms with E-state index in [4.69, 9.17) is 4.74 Å². The molecule has 0 saturated carbocycles. The van der Waals surface area contributed by atoms with Gasteiger partial charge in [0.05, 0.1) is 10.9 Å². The zero-order chi connectivity index (χ0) is 16.4. The van der Waals surface area contributed by atoms with Crippen LogP contribution < -0.4 is 0 Å². The van der Waals surface area contributed by atoms with Gasteiger partial charge in [0, 0.05) is 19.5 Å². The van der Waals surface area contributed by atoms with Gasteiger partial charge in [-0.15, -0.1) is 0 Å². The van der Waals surface area contributed by atoms with Gasteiger partial charge in [0.1, 0.15) is 6.23 Å². The highest BCUT2D eigenvalue weighted by Crippen LogP contribution is 2.40. The maximum Gasteiger partial charge on any atom is 0.245 e. The topological polar surface area (TPSA) is 59.5 Å². The van der Waals surface area contributed by atoms with E-state index in [2.05, 4.69) is 4.98 Å². The molecular formula is C17H20N2O3S. The van der Waals surface area contributed by atoms with E-state index in [1.807, 2.05) is 31.2 Å². The van der Waals surface area contributed by atoms with Gasteiger partial charge >= 0.3 is 0 Å². The van der Waals surface area contributed by atoms with Gasteiger partial charge in [0.2, 0.25) is 10.0 Å². The Kier molecular flexibility index (Phi) is 4.48. The molecule has 23 heavy (non-hydrogen) atoms. The van der Waals surface area contributed by atoms with Crippen LogP contribution in [0.1, 0.15) is 30.0 Å². The number of aryl methyl sites for hydroxylation is 1. The molecule has 2 atom stereocenters. The molecule has 2 aromatic rings. The Morgan fingerprint density at radius 1 is 1.17 bits per heavy atom. The molecule has 1 aliphatic heterocycles. The molecule has 0 bridgehead atoms. The van der Waals surface area contributed by atoms with E-state index in [1.54, 1.807) is 31.6 Å². The van der Waals surface area contributed by atoms with Crippen molar-refractivity contribution in [2.75, 3.05) is 7.11 Å². The lowest BCUT2D eigenvalue weighted by Crippen LogP contribution is -2.38. The standard InChI is InChI=1S/C17H20N2O3S/c1-13-5-7-15(8-6-13)23(20,21)19-16(9-10-17(19)22-2)14-4-3-11-18-12-14/h3-8,11-12,16-17H,9-10H2,1-2H3/t16-,17?/m1/s1. The predicted octanol–water partition coefficient (Wildman–Crippen LogP) is 2.89. The molecule has 1 aromatic heterocycles. The lowest BCUT2D eigenvalue weighted by Gasteiger charge is -2.28. The largest absolute Gasteiger partial charge is 0.365 e. The molecule has 3 rings (SSSR count). The van der Waals surface area contributed by atoms with Crippen LogP contribution in [-0.4, -0.2) is 31.0 Å². The van der Waals surface area contributed by atoms with Gasteiger partial charge in [-0.2, -0.15) is 4.31 Å². The summed E-state index contributed by atoms with van der Waals surface area (Å²) in [5.74, 6) is 0. The number of sulfonamides is 1. The number of hydrogen-bond acceptors (Lipinski definition) is 4. The number of hydrogen-bond donors (Lipinski definition) is 0. The molecule has 1 fully saturated rings. The second kappa shape index (κ2) is 6.39. The van der Waals surface area contributed by atoms with E-state index in [9.17, 15) is 8.42 Å². The molecular weight excluding hydrogens is 312 g/mol. The molecule has 1 unspecified atom stereocenters. The average Bonchev–Trinajstić information content (AvgIpc) is 3.01. The summed E-state index contributed by atoms with van der Waals surface area (Å²) in [4.78, 5) is 4.41. The highest BCUT2D eigenvalue weighted by Gasteiger charge is 2.43. The summed E-state index contributed by atoms with van der Waals surface area (Å²) in [5, 5.41) is 0. The molecule has 0 aliphatic carbocycles. The lowest BCUT2D eigenvalue weighted by atomic mass is 10.1. The number of ether oxygens (including phenoxy) is 1. The molecule has 5 nitrogen and oxygen atoms in total. The summed E-state index contributed by atoms with van der Waals surface area (Å²) < 4.78 is 33.2. The van der Waals surface area contributed by atoms with Crippen LogP contribution >= 0.6 is 0 Å². The highest BCUT2D eigenvalue weighted by molar-refractivity contribution is 7.89. The van der Waals surface area contributed by atoms with Crippen LogP contribution in [0.2, 0.25) is 0 Å². The molecule has 0 spiro atoms. The first-order chi connectivity index (χ1) is 11.0. The van der Waals surface area contributed by atoms with Crippen LogP contribution in [0.25, 0.3) is 0 Å². The molecule has 6 heteroatoms. The summed E-state index contributed by atoms with van der Waals surface area (Å²) in [6.45, 7) is 1.93. The molecule has 1 aromatic carbocycles. The quantitative estimate of drug-likeness (QED) is 0.864. The summed E-state index contributed by atoms with van der Waals surface area (Å²) in [6.07, 6.45) is 4.34. The molecule has 1 aliphatic rings. The van der Waals surface area contributed by atoms with Gasteiger partial charge in [-0.3, -0.25) is 4.98 Å². The zero-order valence-corrected chi connectivity index (χ0v) is 14.0. The van der Waals surface area contributed by atoms with Crippen molar-refractivity contribution in [3.63, 3.8) is 0 Å². The molecule has 0 radical (unpaired) electrons. The maximum atomic E-state index is 13.1. The van der Waals surface area contributed by atoms with Crippen molar-refractivity contribution < 1.29 is 13.2 Å². The summed E-state index contributed by atoms with van der Waals surface area (Å²) in [7, 11) is -2.08. The Hall–Kier alpha value is -1.76. The van der Waals surface area contributed by atoms with Crippen LogP contribution in [0.5, 0.6) is 0 Å². The molecule has 2 heterocycles. The Bertz CT molecular complexity index is 760. The molecule has 0 amide bonds. The van der Waals surface area contributed by atoms with Crippen molar-refractivity contribution in [1.29, 1.82) is 0 Å². The van der Waals surface area contributed by atoms with Crippen LogP contribution in [0, 0.1) is 6.92 Å². The fourth-order valence-corrected chi connectivity index (χ4v) is 4.80. The maximum absolute atomic E-state index is 13.1. The summed E-state index contributed by atoms with van der Waals surface area (Å²) in [5.41, 5.74) is 1.92. The van der Waals surface area contributed by atoms with Crippen molar-refractivity contribution in [2.24, 2.45) is 0 Å². The first kappa shape index (κ1) is 16.1. The minimum atomic E-state index is -3.63. The fraction of sp³-hybridized carbons (Fsp3) is 0.353. The number of benzene rings is 1. The van der Waals surface area contributed by atoms with Crippen molar-refractivity contribution in [3.05, 3.63) is 59.9 Å². The number of pyridine rings is 1.